The monoisotopic (exact) mass is 547 g/mol. The highest BCUT2D eigenvalue weighted by Gasteiger charge is 2.30. The molecule has 0 fully saturated rings. The number of benzene rings is 2. The van der Waals surface area contributed by atoms with Crippen LogP contribution in [0.5, 0.6) is 0 Å². The number of nitrogens with zero attached hydrogens (tertiary/aromatic N) is 2. The van der Waals surface area contributed by atoms with Crippen molar-refractivity contribution in [2.75, 3.05) is 17.1 Å². The van der Waals surface area contributed by atoms with Gasteiger partial charge < -0.3 is 10.2 Å². The van der Waals surface area contributed by atoms with Crippen LogP contribution in [0.3, 0.4) is 0 Å². The van der Waals surface area contributed by atoms with Gasteiger partial charge in [0.2, 0.25) is 21.8 Å². The summed E-state index contributed by atoms with van der Waals surface area (Å²) < 4.78 is 26.1. The van der Waals surface area contributed by atoms with E-state index < -0.39 is 28.5 Å². The zero-order valence-corrected chi connectivity index (χ0v) is 22.5. The molecule has 0 radical (unpaired) electrons. The van der Waals surface area contributed by atoms with Crippen molar-refractivity contribution >= 4 is 62.3 Å². The summed E-state index contributed by atoms with van der Waals surface area (Å²) in [7, 11) is -3.86. The van der Waals surface area contributed by atoms with Crippen LogP contribution in [0.1, 0.15) is 32.8 Å². The molecule has 0 aliphatic carbocycles. The van der Waals surface area contributed by atoms with E-state index in [0.29, 0.717) is 10.6 Å². The van der Waals surface area contributed by atoms with E-state index in [4.69, 9.17) is 34.8 Å². The Labute approximate surface area is 216 Å². The Balaban J connectivity index is 2.41. The van der Waals surface area contributed by atoms with Crippen LogP contribution in [0, 0.1) is 0 Å². The van der Waals surface area contributed by atoms with Gasteiger partial charge in [0, 0.05) is 17.6 Å². The van der Waals surface area contributed by atoms with Crippen molar-refractivity contribution in [2.24, 2.45) is 0 Å². The van der Waals surface area contributed by atoms with E-state index in [-0.39, 0.29) is 34.2 Å². The molecule has 2 aromatic rings. The Kier molecular flexibility index (Phi) is 10.1. The average molecular weight is 549 g/mol. The molecular weight excluding hydrogens is 521 g/mol. The first-order chi connectivity index (χ1) is 15.8. The van der Waals surface area contributed by atoms with Gasteiger partial charge in [-0.15, -0.1) is 0 Å². The predicted molar refractivity (Wildman–Crippen MR) is 138 cm³/mol. The smallest absolute Gasteiger partial charge is 0.244 e. The first kappa shape index (κ1) is 28.2. The fourth-order valence-corrected chi connectivity index (χ4v) is 4.48. The minimum Gasteiger partial charge on any atom is -0.352 e. The second-order valence-electron chi connectivity index (χ2n) is 8.01. The van der Waals surface area contributed by atoms with Gasteiger partial charge in [-0.2, -0.15) is 0 Å². The van der Waals surface area contributed by atoms with Crippen molar-refractivity contribution in [3.63, 3.8) is 0 Å². The maximum atomic E-state index is 13.5. The Morgan fingerprint density at radius 3 is 2.26 bits per heavy atom. The van der Waals surface area contributed by atoms with Crippen molar-refractivity contribution in [1.82, 2.24) is 10.2 Å². The molecule has 0 unspecified atom stereocenters. The fourth-order valence-electron chi connectivity index (χ4n) is 3.13. The van der Waals surface area contributed by atoms with Crippen LogP contribution in [0.25, 0.3) is 0 Å². The number of hydrogen-bond acceptors (Lipinski definition) is 4. The molecule has 2 amide bonds. The first-order valence-corrected chi connectivity index (χ1v) is 13.6. The van der Waals surface area contributed by atoms with Crippen LogP contribution in [-0.4, -0.2) is 50.0 Å². The molecule has 0 bridgehead atoms. The third-order valence-corrected chi connectivity index (χ3v) is 7.40. The molecule has 0 spiro atoms. The van der Waals surface area contributed by atoms with Crippen molar-refractivity contribution < 1.29 is 18.0 Å². The molecule has 2 rings (SSSR count). The number of hydrogen-bond donors (Lipinski definition) is 1. The van der Waals surface area contributed by atoms with Gasteiger partial charge in [-0.25, -0.2) is 8.42 Å². The SMILES string of the molecule is CC[C@@H](C)NC(=O)[C@H](C)N(Cc1cccc(Cl)c1)C(=O)CN(c1ccc(Cl)c(Cl)c1)S(C)(=O)=O. The minimum atomic E-state index is -3.86. The lowest BCUT2D eigenvalue weighted by atomic mass is 10.1. The first-order valence-electron chi connectivity index (χ1n) is 10.6. The van der Waals surface area contributed by atoms with Crippen LogP contribution in [-0.2, 0) is 26.2 Å². The summed E-state index contributed by atoms with van der Waals surface area (Å²) in [5.74, 6) is -0.909. The zero-order chi connectivity index (χ0) is 25.6. The number of halogens is 3. The van der Waals surface area contributed by atoms with Crippen molar-refractivity contribution in [3.05, 3.63) is 63.1 Å². The lowest BCUT2D eigenvalue weighted by molar-refractivity contribution is -0.139. The lowest BCUT2D eigenvalue weighted by Gasteiger charge is -2.32. The van der Waals surface area contributed by atoms with E-state index in [2.05, 4.69) is 5.32 Å². The van der Waals surface area contributed by atoms with Crippen LogP contribution in [0.2, 0.25) is 15.1 Å². The van der Waals surface area contributed by atoms with E-state index in [1.165, 1.54) is 23.1 Å². The summed E-state index contributed by atoms with van der Waals surface area (Å²) in [6.07, 6.45) is 1.71. The Morgan fingerprint density at radius 1 is 1.03 bits per heavy atom. The number of sulfonamides is 1. The summed E-state index contributed by atoms with van der Waals surface area (Å²) in [5, 5.41) is 3.75. The normalized spacial score (nSPS) is 13.1. The molecule has 186 valence electrons. The average Bonchev–Trinajstić information content (AvgIpc) is 2.76. The number of rotatable bonds is 10. The highest BCUT2D eigenvalue weighted by atomic mass is 35.5. The highest BCUT2D eigenvalue weighted by Crippen LogP contribution is 2.28. The Hall–Kier alpha value is -2.00. The third-order valence-electron chi connectivity index (χ3n) is 5.28. The second-order valence-corrected chi connectivity index (χ2v) is 11.2. The predicted octanol–water partition coefficient (Wildman–Crippen LogP) is 4.74. The van der Waals surface area contributed by atoms with Gasteiger partial charge in [-0.3, -0.25) is 13.9 Å². The number of carbonyl (C=O) groups is 2. The zero-order valence-electron chi connectivity index (χ0n) is 19.4. The van der Waals surface area contributed by atoms with Gasteiger partial charge in [0.25, 0.3) is 0 Å². The van der Waals surface area contributed by atoms with Crippen LogP contribution < -0.4 is 9.62 Å². The van der Waals surface area contributed by atoms with Crippen molar-refractivity contribution in [2.45, 2.75) is 45.8 Å². The highest BCUT2D eigenvalue weighted by molar-refractivity contribution is 7.92. The summed E-state index contributed by atoms with van der Waals surface area (Å²) >= 11 is 18.1. The van der Waals surface area contributed by atoms with Gasteiger partial charge in [0.05, 0.1) is 22.0 Å². The van der Waals surface area contributed by atoms with Gasteiger partial charge in [0.15, 0.2) is 0 Å². The van der Waals surface area contributed by atoms with Gasteiger partial charge >= 0.3 is 0 Å². The molecule has 0 aliphatic rings. The van der Waals surface area contributed by atoms with Crippen molar-refractivity contribution in [1.29, 1.82) is 0 Å². The molecule has 34 heavy (non-hydrogen) atoms. The molecule has 0 heterocycles. The van der Waals surface area contributed by atoms with E-state index >= 15 is 0 Å². The molecule has 7 nitrogen and oxygen atoms in total. The van der Waals surface area contributed by atoms with E-state index in [1.807, 2.05) is 13.8 Å². The van der Waals surface area contributed by atoms with Gasteiger partial charge in [-0.1, -0.05) is 53.9 Å². The van der Waals surface area contributed by atoms with Crippen LogP contribution in [0.15, 0.2) is 42.5 Å². The second kappa shape index (κ2) is 12.1. The molecule has 1 N–H and O–H groups in total. The van der Waals surface area contributed by atoms with Gasteiger partial charge in [-0.05, 0) is 56.2 Å². The Morgan fingerprint density at radius 2 is 1.71 bits per heavy atom. The molecule has 0 aromatic heterocycles. The maximum Gasteiger partial charge on any atom is 0.244 e. The number of nitrogens with one attached hydrogen (secondary N) is 1. The molecular formula is C23H28Cl3N3O4S. The van der Waals surface area contributed by atoms with Crippen LogP contribution in [0.4, 0.5) is 5.69 Å². The number of carbonyl (C=O) groups excluding carboxylic acids is 2. The molecule has 0 aliphatic heterocycles. The van der Waals surface area contributed by atoms with Gasteiger partial charge in [0.1, 0.15) is 12.6 Å². The molecule has 11 heteroatoms. The third kappa shape index (κ3) is 7.77. The van der Waals surface area contributed by atoms with Crippen molar-refractivity contribution in [3.8, 4) is 0 Å². The van der Waals surface area contributed by atoms with E-state index in [1.54, 1.807) is 31.2 Å². The molecule has 0 saturated heterocycles. The summed E-state index contributed by atoms with van der Waals surface area (Å²) in [4.78, 5) is 27.7. The number of amides is 2. The number of anilines is 1. The molecule has 2 aromatic carbocycles. The summed E-state index contributed by atoms with van der Waals surface area (Å²) in [5.41, 5.74) is 0.883. The van der Waals surface area contributed by atoms with Crippen LogP contribution >= 0.6 is 34.8 Å². The standard InChI is InChI=1S/C23H28Cl3N3O4S/c1-5-15(2)27-23(31)16(3)28(13-17-7-6-8-18(24)11-17)22(30)14-29(34(4,32)33)19-9-10-20(25)21(26)12-19/h6-12,15-16H,5,13-14H2,1-4H3,(H,27,31)/t15-,16+/m1/s1. The quantitative estimate of drug-likeness (QED) is 0.464. The summed E-state index contributed by atoms with van der Waals surface area (Å²) in [6.45, 7) is 4.94. The minimum absolute atomic E-state index is 0.0630. The van der Waals surface area contributed by atoms with E-state index in [0.717, 1.165) is 17.0 Å². The largest absolute Gasteiger partial charge is 0.352 e. The van der Waals surface area contributed by atoms with E-state index in [9.17, 15) is 18.0 Å². The topological polar surface area (TPSA) is 86.8 Å². The fraction of sp³-hybridized carbons (Fsp3) is 0.391. The summed E-state index contributed by atoms with van der Waals surface area (Å²) in [6, 6.07) is 10.2. The molecule has 2 atom stereocenters. The molecule has 0 saturated carbocycles. The lowest BCUT2D eigenvalue weighted by Crippen LogP contribution is -2.52. The maximum absolute atomic E-state index is 13.5. The Bertz CT molecular complexity index is 1140.